The van der Waals surface area contributed by atoms with E-state index >= 15 is 0 Å². The first kappa shape index (κ1) is 15.2. The standard InChI is InChI=1S/C14H20N2O3/c1-3-5-9-19-14-7-6-12(11-15-8-4-2)10-13(14)16(17)18/h3,5-7,10,15H,4,8-9,11H2,1-2H3/b5-3+. The van der Waals surface area contributed by atoms with Crippen LogP contribution in [0, 0.1) is 10.1 Å². The maximum absolute atomic E-state index is 11.0. The number of ether oxygens (including phenoxy) is 1. The summed E-state index contributed by atoms with van der Waals surface area (Å²) in [5.41, 5.74) is 0.902. The van der Waals surface area contributed by atoms with Gasteiger partial charge in [0.1, 0.15) is 6.61 Å². The molecule has 0 heterocycles. The first-order chi connectivity index (χ1) is 9.19. The number of nitrogens with zero attached hydrogens (tertiary/aromatic N) is 1. The van der Waals surface area contributed by atoms with E-state index in [1.54, 1.807) is 18.2 Å². The summed E-state index contributed by atoms with van der Waals surface area (Å²) >= 11 is 0. The van der Waals surface area contributed by atoms with Gasteiger partial charge in [0.15, 0.2) is 5.75 Å². The molecule has 0 unspecified atom stereocenters. The monoisotopic (exact) mass is 264 g/mol. The fraction of sp³-hybridized carbons (Fsp3) is 0.429. The molecule has 0 saturated heterocycles. The van der Waals surface area contributed by atoms with E-state index in [-0.39, 0.29) is 5.69 Å². The first-order valence-electron chi connectivity index (χ1n) is 6.41. The lowest BCUT2D eigenvalue weighted by Gasteiger charge is -2.07. The van der Waals surface area contributed by atoms with Crippen molar-refractivity contribution in [1.29, 1.82) is 0 Å². The molecule has 1 aromatic carbocycles. The van der Waals surface area contributed by atoms with Crippen LogP contribution in [-0.2, 0) is 6.54 Å². The fourth-order valence-electron chi connectivity index (χ4n) is 1.58. The molecule has 0 amide bonds. The molecule has 0 radical (unpaired) electrons. The number of nitro groups is 1. The van der Waals surface area contributed by atoms with Gasteiger partial charge in [0, 0.05) is 12.6 Å². The maximum atomic E-state index is 11.0. The van der Waals surface area contributed by atoms with Crippen molar-refractivity contribution < 1.29 is 9.66 Å². The molecule has 104 valence electrons. The lowest BCUT2D eigenvalue weighted by molar-refractivity contribution is -0.385. The Balaban J connectivity index is 2.79. The highest BCUT2D eigenvalue weighted by molar-refractivity contribution is 5.48. The normalized spacial score (nSPS) is 10.8. The summed E-state index contributed by atoms with van der Waals surface area (Å²) in [7, 11) is 0. The number of benzene rings is 1. The number of hydrogen-bond donors (Lipinski definition) is 1. The third-order valence-electron chi connectivity index (χ3n) is 2.55. The molecule has 0 bridgehead atoms. The lowest BCUT2D eigenvalue weighted by Crippen LogP contribution is -2.13. The van der Waals surface area contributed by atoms with Crippen molar-refractivity contribution in [1.82, 2.24) is 5.32 Å². The van der Waals surface area contributed by atoms with E-state index in [2.05, 4.69) is 12.2 Å². The van der Waals surface area contributed by atoms with E-state index in [0.29, 0.717) is 18.9 Å². The fourth-order valence-corrected chi connectivity index (χ4v) is 1.58. The minimum atomic E-state index is -0.408. The van der Waals surface area contributed by atoms with E-state index in [9.17, 15) is 10.1 Å². The van der Waals surface area contributed by atoms with Crippen LogP contribution in [0.25, 0.3) is 0 Å². The summed E-state index contributed by atoms with van der Waals surface area (Å²) in [5.74, 6) is 0.308. The summed E-state index contributed by atoms with van der Waals surface area (Å²) in [6.45, 7) is 5.82. The second-order valence-corrected chi connectivity index (χ2v) is 4.12. The summed E-state index contributed by atoms with van der Waals surface area (Å²) in [6.07, 6.45) is 4.68. The number of allylic oxidation sites excluding steroid dienone is 1. The zero-order valence-electron chi connectivity index (χ0n) is 11.4. The smallest absolute Gasteiger partial charge is 0.311 e. The van der Waals surface area contributed by atoms with Gasteiger partial charge in [-0.25, -0.2) is 0 Å². The molecule has 0 aliphatic heterocycles. The van der Waals surface area contributed by atoms with Gasteiger partial charge in [0.2, 0.25) is 0 Å². The van der Waals surface area contributed by atoms with Crippen LogP contribution in [-0.4, -0.2) is 18.1 Å². The Morgan fingerprint density at radius 1 is 1.47 bits per heavy atom. The number of nitro benzene ring substituents is 1. The molecular weight excluding hydrogens is 244 g/mol. The van der Waals surface area contributed by atoms with Gasteiger partial charge < -0.3 is 10.1 Å². The minimum absolute atomic E-state index is 0.0142. The molecule has 0 saturated carbocycles. The van der Waals surface area contributed by atoms with E-state index in [4.69, 9.17) is 4.74 Å². The van der Waals surface area contributed by atoms with Crippen LogP contribution < -0.4 is 10.1 Å². The van der Waals surface area contributed by atoms with Gasteiger partial charge >= 0.3 is 5.69 Å². The molecule has 0 aliphatic rings. The van der Waals surface area contributed by atoms with Crippen LogP contribution in [0.2, 0.25) is 0 Å². The maximum Gasteiger partial charge on any atom is 0.311 e. The molecule has 0 spiro atoms. The number of nitrogens with one attached hydrogen (secondary N) is 1. The van der Waals surface area contributed by atoms with Crippen molar-refractivity contribution in [3.05, 3.63) is 46.0 Å². The van der Waals surface area contributed by atoms with Crippen molar-refractivity contribution >= 4 is 5.69 Å². The van der Waals surface area contributed by atoms with Gasteiger partial charge in [0.05, 0.1) is 4.92 Å². The molecule has 19 heavy (non-hydrogen) atoms. The Kier molecular flexibility index (Phi) is 6.60. The molecule has 5 heteroatoms. The second-order valence-electron chi connectivity index (χ2n) is 4.12. The highest BCUT2D eigenvalue weighted by Crippen LogP contribution is 2.27. The quantitative estimate of drug-likeness (QED) is 0.339. The topological polar surface area (TPSA) is 64.4 Å². The van der Waals surface area contributed by atoms with E-state index < -0.39 is 4.92 Å². The molecule has 1 rings (SSSR count). The van der Waals surface area contributed by atoms with Gasteiger partial charge in [-0.15, -0.1) is 0 Å². The SMILES string of the molecule is C/C=C/COc1ccc(CNCCC)cc1[N+](=O)[O-]. The molecule has 0 aliphatic carbocycles. The van der Waals surface area contributed by atoms with Gasteiger partial charge in [-0.3, -0.25) is 10.1 Å². The predicted octanol–water partition coefficient (Wildman–Crippen LogP) is 3.05. The van der Waals surface area contributed by atoms with Crippen LogP contribution >= 0.6 is 0 Å². The van der Waals surface area contributed by atoms with E-state index in [1.807, 2.05) is 19.1 Å². The second kappa shape index (κ2) is 8.26. The van der Waals surface area contributed by atoms with Crippen molar-refractivity contribution in [3.8, 4) is 5.75 Å². The average Bonchev–Trinajstić information content (AvgIpc) is 2.40. The van der Waals surface area contributed by atoms with Crippen LogP contribution in [0.3, 0.4) is 0 Å². The third-order valence-corrected chi connectivity index (χ3v) is 2.55. The van der Waals surface area contributed by atoms with Crippen molar-refractivity contribution in [3.63, 3.8) is 0 Å². The Labute approximate surface area is 113 Å². The average molecular weight is 264 g/mol. The summed E-state index contributed by atoms with van der Waals surface area (Å²) in [4.78, 5) is 10.6. The molecule has 5 nitrogen and oxygen atoms in total. The zero-order chi connectivity index (χ0) is 14.1. The Hall–Kier alpha value is -1.88. The van der Waals surface area contributed by atoms with Gasteiger partial charge in [-0.2, -0.15) is 0 Å². The van der Waals surface area contributed by atoms with Crippen LogP contribution in [0.4, 0.5) is 5.69 Å². The van der Waals surface area contributed by atoms with Crippen molar-refractivity contribution in [2.24, 2.45) is 0 Å². The number of hydrogen-bond acceptors (Lipinski definition) is 4. The molecule has 1 N–H and O–H groups in total. The summed E-state index contributed by atoms with van der Waals surface area (Å²) in [5, 5.41) is 14.2. The number of rotatable bonds is 8. The van der Waals surface area contributed by atoms with E-state index in [1.165, 1.54) is 0 Å². The third kappa shape index (κ3) is 5.09. The summed E-state index contributed by atoms with van der Waals surface area (Å²) in [6, 6.07) is 5.07. The van der Waals surface area contributed by atoms with Crippen molar-refractivity contribution in [2.75, 3.05) is 13.2 Å². The highest BCUT2D eigenvalue weighted by Gasteiger charge is 2.15. The van der Waals surface area contributed by atoms with Crippen LogP contribution in [0.5, 0.6) is 5.75 Å². The van der Waals surface area contributed by atoms with Gasteiger partial charge in [-0.05, 0) is 31.5 Å². The van der Waals surface area contributed by atoms with Crippen molar-refractivity contribution in [2.45, 2.75) is 26.8 Å². The highest BCUT2D eigenvalue weighted by atomic mass is 16.6. The zero-order valence-corrected chi connectivity index (χ0v) is 11.4. The Morgan fingerprint density at radius 2 is 2.26 bits per heavy atom. The first-order valence-corrected chi connectivity index (χ1v) is 6.41. The Bertz CT molecular complexity index is 444. The largest absolute Gasteiger partial charge is 0.483 e. The van der Waals surface area contributed by atoms with E-state index in [0.717, 1.165) is 18.5 Å². The molecule has 0 aromatic heterocycles. The minimum Gasteiger partial charge on any atom is -0.483 e. The summed E-state index contributed by atoms with van der Waals surface area (Å²) < 4.78 is 5.37. The predicted molar refractivity (Wildman–Crippen MR) is 75.4 cm³/mol. The lowest BCUT2D eigenvalue weighted by atomic mass is 10.2. The molecular formula is C14H20N2O3. The van der Waals surface area contributed by atoms with Gasteiger partial charge in [0.25, 0.3) is 0 Å². The van der Waals surface area contributed by atoms with Crippen LogP contribution in [0.15, 0.2) is 30.4 Å². The molecule has 0 atom stereocenters. The van der Waals surface area contributed by atoms with Crippen LogP contribution in [0.1, 0.15) is 25.8 Å². The molecule has 1 aromatic rings. The van der Waals surface area contributed by atoms with Gasteiger partial charge in [-0.1, -0.05) is 25.1 Å². The molecule has 0 fully saturated rings. The Morgan fingerprint density at radius 3 is 2.89 bits per heavy atom.